The average molecular weight is 299 g/mol. The van der Waals surface area contributed by atoms with Crippen molar-refractivity contribution in [1.29, 1.82) is 0 Å². The zero-order valence-corrected chi connectivity index (χ0v) is 11.9. The fraction of sp³-hybridized carbons (Fsp3) is 0.154. The van der Waals surface area contributed by atoms with Gasteiger partial charge in [-0.05, 0) is 18.2 Å². The van der Waals surface area contributed by atoms with Crippen molar-refractivity contribution < 1.29 is 9.47 Å². The van der Waals surface area contributed by atoms with Gasteiger partial charge in [0.2, 0.25) is 5.88 Å². The number of nitrogens with zero attached hydrogens (tertiary/aromatic N) is 1. The molecule has 0 saturated heterocycles. The minimum atomic E-state index is 0.264. The summed E-state index contributed by atoms with van der Waals surface area (Å²) in [6.45, 7) is 0. The Balaban J connectivity index is 2.38. The van der Waals surface area contributed by atoms with Gasteiger partial charge in [0, 0.05) is 7.05 Å². The summed E-state index contributed by atoms with van der Waals surface area (Å²) in [4.78, 5) is 4.21. The van der Waals surface area contributed by atoms with Crippen LogP contribution in [0, 0.1) is 0 Å². The third-order valence-electron chi connectivity index (χ3n) is 2.41. The number of rotatable bonds is 4. The SMILES string of the molecule is CNc1nc(Oc2ccccc2OC)c(Cl)cc1Cl. The van der Waals surface area contributed by atoms with Crippen LogP contribution in [0.1, 0.15) is 0 Å². The molecule has 2 aromatic rings. The Kier molecular flexibility index (Phi) is 4.35. The predicted octanol–water partition coefficient (Wildman–Crippen LogP) is 4.23. The Morgan fingerprint density at radius 1 is 1.11 bits per heavy atom. The van der Waals surface area contributed by atoms with Crippen molar-refractivity contribution in [3.63, 3.8) is 0 Å². The lowest BCUT2D eigenvalue weighted by Crippen LogP contribution is -1.97. The molecule has 0 radical (unpaired) electrons. The molecule has 0 fully saturated rings. The van der Waals surface area contributed by atoms with Gasteiger partial charge in [0.25, 0.3) is 0 Å². The van der Waals surface area contributed by atoms with Gasteiger partial charge in [0.15, 0.2) is 11.5 Å². The van der Waals surface area contributed by atoms with E-state index in [1.54, 1.807) is 32.4 Å². The van der Waals surface area contributed by atoms with Crippen molar-refractivity contribution in [1.82, 2.24) is 4.98 Å². The minimum Gasteiger partial charge on any atom is -0.493 e. The number of halogens is 2. The number of hydrogen-bond donors (Lipinski definition) is 1. The summed E-state index contributed by atoms with van der Waals surface area (Å²) < 4.78 is 10.9. The monoisotopic (exact) mass is 298 g/mol. The lowest BCUT2D eigenvalue weighted by molar-refractivity contribution is 0.374. The van der Waals surface area contributed by atoms with Crippen molar-refractivity contribution in [2.24, 2.45) is 0 Å². The summed E-state index contributed by atoms with van der Waals surface area (Å²) in [7, 11) is 3.28. The highest BCUT2D eigenvalue weighted by atomic mass is 35.5. The van der Waals surface area contributed by atoms with Crippen LogP contribution >= 0.6 is 23.2 Å². The number of pyridine rings is 1. The van der Waals surface area contributed by atoms with Gasteiger partial charge in [-0.25, -0.2) is 0 Å². The first kappa shape index (κ1) is 13.8. The minimum absolute atomic E-state index is 0.264. The van der Waals surface area contributed by atoms with E-state index in [1.807, 2.05) is 12.1 Å². The van der Waals surface area contributed by atoms with E-state index in [-0.39, 0.29) is 5.88 Å². The molecule has 1 N–H and O–H groups in total. The fourth-order valence-corrected chi connectivity index (χ4v) is 2.00. The first-order valence-corrected chi connectivity index (χ1v) is 6.26. The summed E-state index contributed by atoms with van der Waals surface area (Å²) in [6, 6.07) is 8.82. The zero-order valence-electron chi connectivity index (χ0n) is 10.4. The molecule has 0 aliphatic heterocycles. The number of benzene rings is 1. The molecule has 0 bridgehead atoms. The average Bonchev–Trinajstić information content (AvgIpc) is 2.42. The quantitative estimate of drug-likeness (QED) is 0.917. The summed E-state index contributed by atoms with van der Waals surface area (Å²) in [5.74, 6) is 1.89. The molecule has 0 spiro atoms. The molecule has 1 heterocycles. The molecule has 0 amide bonds. The molecule has 100 valence electrons. The molecular formula is C13H12Cl2N2O2. The Labute approximate surface area is 121 Å². The van der Waals surface area contributed by atoms with Crippen LogP contribution in [0.25, 0.3) is 0 Å². The van der Waals surface area contributed by atoms with Gasteiger partial charge in [-0.3, -0.25) is 0 Å². The summed E-state index contributed by atoms with van der Waals surface area (Å²) in [5.41, 5.74) is 0. The standard InChI is InChI=1S/C13H12Cl2N2O2/c1-16-12-8(14)7-9(15)13(17-12)19-11-6-4-3-5-10(11)18-2/h3-7H,1-2H3,(H,16,17). The molecule has 6 heteroatoms. The third kappa shape index (κ3) is 3.03. The van der Waals surface area contributed by atoms with E-state index in [1.165, 1.54) is 0 Å². The Morgan fingerprint density at radius 2 is 1.79 bits per heavy atom. The second kappa shape index (κ2) is 5.99. The summed E-state index contributed by atoms with van der Waals surface area (Å²) in [5, 5.41) is 3.62. The molecule has 0 atom stereocenters. The van der Waals surface area contributed by atoms with Crippen LogP contribution in [0.3, 0.4) is 0 Å². The van der Waals surface area contributed by atoms with Crippen LogP contribution in [-0.2, 0) is 0 Å². The van der Waals surface area contributed by atoms with E-state index >= 15 is 0 Å². The highest BCUT2D eigenvalue weighted by Crippen LogP contribution is 2.36. The Bertz CT molecular complexity index is 591. The molecule has 0 saturated carbocycles. The summed E-state index contributed by atoms with van der Waals surface area (Å²) in [6.07, 6.45) is 0. The highest BCUT2D eigenvalue weighted by molar-refractivity contribution is 6.36. The van der Waals surface area contributed by atoms with Crippen molar-refractivity contribution >= 4 is 29.0 Å². The lowest BCUT2D eigenvalue weighted by atomic mass is 10.3. The van der Waals surface area contributed by atoms with E-state index in [0.717, 1.165) is 0 Å². The van der Waals surface area contributed by atoms with E-state index in [4.69, 9.17) is 32.7 Å². The number of aromatic nitrogens is 1. The second-order valence-electron chi connectivity index (χ2n) is 3.61. The molecule has 0 unspecified atom stereocenters. The molecule has 0 aliphatic carbocycles. The lowest BCUT2D eigenvalue weighted by Gasteiger charge is -2.12. The van der Waals surface area contributed by atoms with E-state index in [9.17, 15) is 0 Å². The first-order chi connectivity index (χ1) is 9.15. The van der Waals surface area contributed by atoms with Crippen LogP contribution in [-0.4, -0.2) is 19.1 Å². The van der Waals surface area contributed by atoms with Gasteiger partial charge >= 0.3 is 0 Å². The zero-order chi connectivity index (χ0) is 13.8. The smallest absolute Gasteiger partial charge is 0.240 e. The number of anilines is 1. The van der Waals surface area contributed by atoms with Gasteiger partial charge in [0.1, 0.15) is 10.8 Å². The number of methoxy groups -OCH3 is 1. The topological polar surface area (TPSA) is 43.4 Å². The van der Waals surface area contributed by atoms with Crippen LogP contribution in [0.15, 0.2) is 30.3 Å². The maximum absolute atomic E-state index is 6.06. The number of ether oxygens (including phenoxy) is 2. The molecule has 19 heavy (non-hydrogen) atoms. The van der Waals surface area contributed by atoms with Gasteiger partial charge in [-0.1, -0.05) is 35.3 Å². The molecule has 2 rings (SSSR count). The third-order valence-corrected chi connectivity index (χ3v) is 2.97. The Morgan fingerprint density at radius 3 is 2.42 bits per heavy atom. The van der Waals surface area contributed by atoms with Gasteiger partial charge in [0.05, 0.1) is 12.1 Å². The Hall–Kier alpha value is -1.65. The van der Waals surface area contributed by atoms with Crippen molar-refractivity contribution in [2.45, 2.75) is 0 Å². The molecule has 4 nitrogen and oxygen atoms in total. The van der Waals surface area contributed by atoms with E-state index in [0.29, 0.717) is 27.4 Å². The summed E-state index contributed by atoms with van der Waals surface area (Å²) >= 11 is 12.0. The van der Waals surface area contributed by atoms with Crippen LogP contribution in [0.2, 0.25) is 10.0 Å². The first-order valence-electron chi connectivity index (χ1n) is 5.50. The van der Waals surface area contributed by atoms with Crippen molar-refractivity contribution in [3.8, 4) is 17.4 Å². The maximum Gasteiger partial charge on any atom is 0.240 e. The number of nitrogens with one attached hydrogen (secondary N) is 1. The second-order valence-corrected chi connectivity index (χ2v) is 4.42. The maximum atomic E-state index is 6.06. The van der Waals surface area contributed by atoms with Gasteiger partial charge < -0.3 is 14.8 Å². The van der Waals surface area contributed by atoms with Crippen LogP contribution in [0.5, 0.6) is 17.4 Å². The molecular weight excluding hydrogens is 287 g/mol. The molecule has 1 aromatic heterocycles. The van der Waals surface area contributed by atoms with Crippen LogP contribution < -0.4 is 14.8 Å². The number of para-hydroxylation sites is 2. The van der Waals surface area contributed by atoms with E-state index in [2.05, 4.69) is 10.3 Å². The highest BCUT2D eigenvalue weighted by Gasteiger charge is 2.12. The van der Waals surface area contributed by atoms with Crippen LogP contribution in [0.4, 0.5) is 5.82 Å². The number of hydrogen-bond acceptors (Lipinski definition) is 4. The normalized spacial score (nSPS) is 10.1. The van der Waals surface area contributed by atoms with Gasteiger partial charge in [-0.2, -0.15) is 4.98 Å². The van der Waals surface area contributed by atoms with Crippen molar-refractivity contribution in [2.75, 3.05) is 19.5 Å². The molecule has 1 aromatic carbocycles. The largest absolute Gasteiger partial charge is 0.493 e. The fourth-order valence-electron chi connectivity index (χ4n) is 1.50. The predicted molar refractivity (Wildman–Crippen MR) is 76.9 cm³/mol. The van der Waals surface area contributed by atoms with Crippen molar-refractivity contribution in [3.05, 3.63) is 40.4 Å². The van der Waals surface area contributed by atoms with Gasteiger partial charge in [-0.15, -0.1) is 0 Å². The molecule has 0 aliphatic rings. The van der Waals surface area contributed by atoms with E-state index < -0.39 is 0 Å².